The van der Waals surface area contributed by atoms with E-state index in [4.69, 9.17) is 18.9 Å². The van der Waals surface area contributed by atoms with E-state index in [-0.39, 0.29) is 29.6 Å². The second-order valence-corrected chi connectivity index (χ2v) is 8.12. The number of carbonyl (C=O) groups excluding carboxylic acids is 3. The summed E-state index contributed by atoms with van der Waals surface area (Å²) in [6.45, 7) is 0.738. The summed E-state index contributed by atoms with van der Waals surface area (Å²) in [4.78, 5) is 37.4. The van der Waals surface area contributed by atoms with Gasteiger partial charge in [0.05, 0.1) is 26.3 Å². The monoisotopic (exact) mass is 458 g/mol. The first-order valence-corrected chi connectivity index (χ1v) is 10.7. The van der Waals surface area contributed by atoms with Gasteiger partial charge >= 0.3 is 0 Å². The quantitative estimate of drug-likeness (QED) is 0.644. The number of thioether (sulfide) groups is 1. The normalized spacial score (nSPS) is 17.5. The molecule has 0 spiro atoms. The molecular formula is C22H22N2O7S. The lowest BCUT2D eigenvalue weighted by Gasteiger charge is -2.29. The number of hydrogen-bond acceptors (Lipinski definition) is 8. The third kappa shape index (κ3) is 4.59. The number of benzene rings is 2. The number of hydrogen-bond donors (Lipinski definition) is 1. The lowest BCUT2D eigenvalue weighted by molar-refractivity contribution is -0.112. The average molecular weight is 458 g/mol. The Hall–Kier alpha value is -3.40. The maximum absolute atomic E-state index is 12.8. The van der Waals surface area contributed by atoms with Crippen molar-refractivity contribution in [3.63, 3.8) is 0 Å². The SMILES string of the molecule is COc1cc2c(cc1OC)C(=O)N(CCOc1ccc(CC3NC(=O)SC3=O)cc1)CO2. The minimum Gasteiger partial charge on any atom is -0.493 e. The number of amides is 2. The highest BCUT2D eigenvalue weighted by atomic mass is 32.2. The summed E-state index contributed by atoms with van der Waals surface area (Å²) in [6, 6.07) is 10.1. The Labute approximate surface area is 188 Å². The standard InChI is InChI=1S/C22H22N2O7S/c1-28-18-10-15-17(11-19(18)29-2)31-12-24(20(15)25)7-8-30-14-5-3-13(4-6-14)9-16-21(26)32-22(27)23-16/h3-6,10-11,16H,7-9,12H2,1-2H3,(H,23,27). The van der Waals surface area contributed by atoms with Gasteiger partial charge in [0.15, 0.2) is 18.2 Å². The minimum atomic E-state index is -0.495. The number of nitrogens with zero attached hydrogens (tertiary/aromatic N) is 1. The van der Waals surface area contributed by atoms with Crippen LogP contribution in [0, 0.1) is 0 Å². The first-order valence-electron chi connectivity index (χ1n) is 9.90. The molecule has 2 aliphatic heterocycles. The van der Waals surface area contributed by atoms with Crippen molar-refractivity contribution in [2.45, 2.75) is 12.5 Å². The fraction of sp³-hybridized carbons (Fsp3) is 0.318. The number of fused-ring (bicyclic) bond motifs is 1. The molecule has 2 amide bonds. The van der Waals surface area contributed by atoms with E-state index in [0.29, 0.717) is 53.3 Å². The molecule has 2 aliphatic rings. The van der Waals surface area contributed by atoms with Crippen molar-refractivity contribution in [1.29, 1.82) is 0 Å². The molecule has 0 aromatic heterocycles. The van der Waals surface area contributed by atoms with Crippen LogP contribution in [0.15, 0.2) is 36.4 Å². The van der Waals surface area contributed by atoms with E-state index in [1.165, 1.54) is 14.2 Å². The molecule has 1 saturated heterocycles. The molecule has 1 fully saturated rings. The molecule has 2 aromatic rings. The number of methoxy groups -OCH3 is 2. The molecule has 2 aromatic carbocycles. The van der Waals surface area contributed by atoms with Crippen molar-refractivity contribution >= 4 is 28.0 Å². The summed E-state index contributed by atoms with van der Waals surface area (Å²) in [6.07, 6.45) is 0.436. The molecule has 168 valence electrons. The Kier molecular flexibility index (Phi) is 6.40. The van der Waals surface area contributed by atoms with Gasteiger partial charge in [-0.3, -0.25) is 14.4 Å². The molecule has 10 heteroatoms. The van der Waals surface area contributed by atoms with Crippen LogP contribution in [-0.4, -0.2) is 61.3 Å². The number of nitrogens with one attached hydrogen (secondary N) is 1. The van der Waals surface area contributed by atoms with Crippen LogP contribution in [0.3, 0.4) is 0 Å². The van der Waals surface area contributed by atoms with Gasteiger partial charge in [0.2, 0.25) is 5.12 Å². The van der Waals surface area contributed by atoms with Gasteiger partial charge in [-0.15, -0.1) is 0 Å². The van der Waals surface area contributed by atoms with Gasteiger partial charge in [-0.2, -0.15) is 0 Å². The van der Waals surface area contributed by atoms with Crippen LogP contribution in [0.2, 0.25) is 0 Å². The van der Waals surface area contributed by atoms with Gasteiger partial charge in [0.1, 0.15) is 24.1 Å². The Morgan fingerprint density at radius 3 is 2.47 bits per heavy atom. The molecule has 2 heterocycles. The van der Waals surface area contributed by atoms with E-state index in [2.05, 4.69) is 5.32 Å². The molecule has 1 N–H and O–H groups in total. The Morgan fingerprint density at radius 2 is 1.81 bits per heavy atom. The predicted octanol–water partition coefficient (Wildman–Crippen LogP) is 2.47. The Bertz CT molecular complexity index is 1040. The highest BCUT2D eigenvalue weighted by Crippen LogP contribution is 2.37. The maximum Gasteiger partial charge on any atom is 0.287 e. The third-order valence-electron chi connectivity index (χ3n) is 5.14. The molecule has 0 bridgehead atoms. The highest BCUT2D eigenvalue weighted by Gasteiger charge is 2.31. The lowest BCUT2D eigenvalue weighted by atomic mass is 10.1. The summed E-state index contributed by atoms with van der Waals surface area (Å²) >= 11 is 0.706. The zero-order valence-corrected chi connectivity index (χ0v) is 18.4. The van der Waals surface area contributed by atoms with Gasteiger partial charge in [-0.05, 0) is 17.7 Å². The predicted molar refractivity (Wildman–Crippen MR) is 117 cm³/mol. The second kappa shape index (κ2) is 9.39. The van der Waals surface area contributed by atoms with Crippen LogP contribution < -0.4 is 24.3 Å². The van der Waals surface area contributed by atoms with Crippen molar-refractivity contribution in [1.82, 2.24) is 10.2 Å². The average Bonchev–Trinajstić information content (AvgIpc) is 3.12. The molecule has 0 radical (unpaired) electrons. The van der Waals surface area contributed by atoms with Crippen molar-refractivity contribution in [3.8, 4) is 23.0 Å². The fourth-order valence-corrected chi connectivity index (χ4v) is 4.12. The van der Waals surface area contributed by atoms with Crippen LogP contribution >= 0.6 is 11.8 Å². The van der Waals surface area contributed by atoms with Crippen molar-refractivity contribution < 1.29 is 33.3 Å². The Balaban J connectivity index is 1.31. The van der Waals surface area contributed by atoms with Gasteiger partial charge in [0, 0.05) is 30.3 Å². The van der Waals surface area contributed by atoms with E-state index in [1.54, 1.807) is 29.2 Å². The summed E-state index contributed by atoms with van der Waals surface area (Å²) < 4.78 is 22.0. The number of rotatable bonds is 8. The van der Waals surface area contributed by atoms with Gasteiger partial charge in [-0.25, -0.2) is 0 Å². The summed E-state index contributed by atoms with van der Waals surface area (Å²) in [5.41, 5.74) is 1.32. The topological polar surface area (TPSA) is 103 Å². The minimum absolute atomic E-state index is 0.114. The van der Waals surface area contributed by atoms with Gasteiger partial charge in [0.25, 0.3) is 11.1 Å². The van der Waals surface area contributed by atoms with E-state index in [1.807, 2.05) is 12.1 Å². The smallest absolute Gasteiger partial charge is 0.287 e. The first kappa shape index (κ1) is 21.8. The van der Waals surface area contributed by atoms with E-state index in [9.17, 15) is 14.4 Å². The van der Waals surface area contributed by atoms with E-state index < -0.39 is 6.04 Å². The van der Waals surface area contributed by atoms with Gasteiger partial charge < -0.3 is 29.2 Å². The third-order valence-corrected chi connectivity index (χ3v) is 5.93. The second-order valence-electron chi connectivity index (χ2n) is 7.15. The molecule has 0 saturated carbocycles. The lowest BCUT2D eigenvalue weighted by Crippen LogP contribution is -2.41. The largest absolute Gasteiger partial charge is 0.493 e. The first-order chi connectivity index (χ1) is 15.5. The van der Waals surface area contributed by atoms with Crippen LogP contribution in [-0.2, 0) is 11.2 Å². The summed E-state index contributed by atoms with van der Waals surface area (Å²) in [5, 5.41) is 2.17. The molecule has 9 nitrogen and oxygen atoms in total. The number of carbonyl (C=O) groups is 3. The Morgan fingerprint density at radius 1 is 1.09 bits per heavy atom. The zero-order chi connectivity index (χ0) is 22.7. The van der Waals surface area contributed by atoms with Crippen LogP contribution in [0.1, 0.15) is 15.9 Å². The molecule has 32 heavy (non-hydrogen) atoms. The van der Waals surface area contributed by atoms with Crippen LogP contribution in [0.4, 0.5) is 4.79 Å². The number of ether oxygens (including phenoxy) is 4. The van der Waals surface area contributed by atoms with Crippen molar-refractivity contribution in [2.24, 2.45) is 0 Å². The maximum atomic E-state index is 12.8. The molecule has 1 unspecified atom stereocenters. The van der Waals surface area contributed by atoms with Crippen molar-refractivity contribution in [3.05, 3.63) is 47.5 Å². The molecule has 4 rings (SSSR count). The summed E-state index contributed by atoms with van der Waals surface area (Å²) in [7, 11) is 3.03. The van der Waals surface area contributed by atoms with Gasteiger partial charge in [-0.1, -0.05) is 12.1 Å². The molecule has 0 aliphatic carbocycles. The summed E-state index contributed by atoms with van der Waals surface area (Å²) in [5.74, 6) is 1.88. The van der Waals surface area contributed by atoms with Crippen molar-refractivity contribution in [2.75, 3.05) is 34.1 Å². The van der Waals surface area contributed by atoms with Crippen LogP contribution in [0.5, 0.6) is 23.0 Å². The van der Waals surface area contributed by atoms with Crippen LogP contribution in [0.25, 0.3) is 0 Å². The zero-order valence-electron chi connectivity index (χ0n) is 17.6. The molecular weight excluding hydrogens is 436 g/mol. The highest BCUT2D eigenvalue weighted by molar-refractivity contribution is 8.26. The van der Waals surface area contributed by atoms with E-state index >= 15 is 0 Å². The van der Waals surface area contributed by atoms with E-state index in [0.717, 1.165) is 5.56 Å². The fourth-order valence-electron chi connectivity index (χ4n) is 3.45. The molecule has 1 atom stereocenters.